The first-order valence-corrected chi connectivity index (χ1v) is 2.23. The normalized spacial score (nSPS) is 6.12. The fourth-order valence-corrected chi connectivity index (χ4v) is 0.287. The summed E-state index contributed by atoms with van der Waals surface area (Å²) in [6.45, 7) is 0. The van der Waals surface area contributed by atoms with Gasteiger partial charge in [-0.3, -0.25) is 4.79 Å². The molecular weight excluding hydrogens is 220 g/mol. The fraction of sp³-hybridized carbons (Fsp3) is 0.667. The van der Waals surface area contributed by atoms with Crippen molar-refractivity contribution in [2.45, 2.75) is 6.42 Å². The second kappa shape index (κ2) is 10.9. The molecule has 2 nitrogen and oxygen atoms in total. The minimum absolute atomic E-state index is 0. The third kappa shape index (κ3) is 15.8. The maximum Gasteiger partial charge on any atom is 0.304 e. The van der Waals surface area contributed by atoms with E-state index >= 15 is 0 Å². The SMILES string of the molecule is O=C(O)CCS.[Mn].[Zn]. The van der Waals surface area contributed by atoms with Crippen LogP contribution in [0.4, 0.5) is 0 Å². The summed E-state index contributed by atoms with van der Waals surface area (Å²) in [6, 6.07) is 0. The maximum absolute atomic E-state index is 9.55. The molecule has 0 spiro atoms. The molecule has 0 rings (SSSR count). The summed E-state index contributed by atoms with van der Waals surface area (Å²) in [5.41, 5.74) is 0. The third-order valence-corrected chi connectivity index (χ3v) is 0.549. The van der Waals surface area contributed by atoms with Crippen molar-refractivity contribution in [3.05, 3.63) is 0 Å². The summed E-state index contributed by atoms with van der Waals surface area (Å²) in [7, 11) is 0. The maximum atomic E-state index is 9.55. The van der Waals surface area contributed by atoms with Gasteiger partial charge >= 0.3 is 5.97 Å². The van der Waals surface area contributed by atoms with E-state index in [2.05, 4.69) is 12.6 Å². The van der Waals surface area contributed by atoms with E-state index in [4.69, 9.17) is 5.11 Å². The zero-order valence-electron chi connectivity index (χ0n) is 4.30. The summed E-state index contributed by atoms with van der Waals surface area (Å²) >= 11 is 3.68. The van der Waals surface area contributed by atoms with Gasteiger partial charge in [-0.2, -0.15) is 12.6 Å². The van der Waals surface area contributed by atoms with Gasteiger partial charge in [-0.15, -0.1) is 0 Å². The van der Waals surface area contributed by atoms with E-state index < -0.39 is 5.97 Å². The summed E-state index contributed by atoms with van der Waals surface area (Å²) in [4.78, 5) is 9.55. The van der Waals surface area contributed by atoms with Crippen LogP contribution in [0.15, 0.2) is 0 Å². The number of rotatable bonds is 2. The van der Waals surface area contributed by atoms with E-state index in [0.29, 0.717) is 5.75 Å². The van der Waals surface area contributed by atoms with E-state index in [-0.39, 0.29) is 43.0 Å². The van der Waals surface area contributed by atoms with Crippen LogP contribution in [0.3, 0.4) is 0 Å². The molecule has 0 aromatic rings. The van der Waals surface area contributed by atoms with Crippen molar-refractivity contribution >= 4 is 18.6 Å². The van der Waals surface area contributed by atoms with Crippen molar-refractivity contribution in [1.82, 2.24) is 0 Å². The first-order valence-electron chi connectivity index (χ1n) is 1.60. The van der Waals surface area contributed by atoms with Crippen LogP contribution in [0, 0.1) is 0 Å². The summed E-state index contributed by atoms with van der Waals surface area (Å²) in [5.74, 6) is -0.361. The predicted molar refractivity (Wildman–Crippen MR) is 26.1 cm³/mol. The van der Waals surface area contributed by atoms with Gasteiger partial charge in [0.15, 0.2) is 0 Å². The first-order chi connectivity index (χ1) is 2.77. The first kappa shape index (κ1) is 16.0. The Morgan fingerprint density at radius 1 is 1.62 bits per heavy atom. The molecule has 0 unspecified atom stereocenters. The van der Waals surface area contributed by atoms with E-state index in [1.807, 2.05) is 0 Å². The Balaban J connectivity index is -0.000000125. The van der Waals surface area contributed by atoms with Crippen LogP contribution in [0.2, 0.25) is 0 Å². The topological polar surface area (TPSA) is 37.3 Å². The van der Waals surface area contributed by atoms with Crippen LogP contribution >= 0.6 is 12.6 Å². The Morgan fingerprint density at radius 3 is 2.00 bits per heavy atom. The average Bonchev–Trinajstić information content (AvgIpc) is 1.35. The van der Waals surface area contributed by atoms with Gasteiger partial charge in [0.2, 0.25) is 0 Å². The molecule has 0 aromatic carbocycles. The third-order valence-electron chi connectivity index (χ3n) is 0.326. The Morgan fingerprint density at radius 2 is 2.00 bits per heavy atom. The van der Waals surface area contributed by atoms with Crippen molar-refractivity contribution in [1.29, 1.82) is 0 Å². The molecule has 0 saturated carbocycles. The van der Waals surface area contributed by atoms with Crippen LogP contribution in [0.25, 0.3) is 0 Å². The van der Waals surface area contributed by atoms with Crippen LogP contribution in [0.1, 0.15) is 6.42 Å². The van der Waals surface area contributed by atoms with E-state index in [0.717, 1.165) is 0 Å². The molecule has 45 valence electrons. The number of aliphatic carboxylic acids is 1. The number of hydrogen-bond acceptors (Lipinski definition) is 2. The number of hydrogen-bond donors (Lipinski definition) is 2. The molecule has 0 bridgehead atoms. The minimum Gasteiger partial charge on any atom is -0.481 e. The number of carboxylic acids is 1. The number of thiol groups is 1. The molecule has 0 aliphatic rings. The van der Waals surface area contributed by atoms with E-state index in [1.165, 1.54) is 0 Å². The van der Waals surface area contributed by atoms with Gasteiger partial charge in [0.1, 0.15) is 0 Å². The molecular formula is C3H6MnO2SZn. The minimum atomic E-state index is -0.787. The van der Waals surface area contributed by atoms with Gasteiger partial charge in [-0.1, -0.05) is 0 Å². The Labute approximate surface area is 77.1 Å². The zero-order valence-corrected chi connectivity index (χ0v) is 9.34. The summed E-state index contributed by atoms with van der Waals surface area (Å²) < 4.78 is 0. The van der Waals surface area contributed by atoms with Gasteiger partial charge in [0.25, 0.3) is 0 Å². The molecule has 1 N–H and O–H groups in total. The van der Waals surface area contributed by atoms with Gasteiger partial charge in [0.05, 0.1) is 6.42 Å². The molecule has 8 heavy (non-hydrogen) atoms. The molecule has 0 aliphatic carbocycles. The van der Waals surface area contributed by atoms with Crippen molar-refractivity contribution in [2.75, 3.05) is 5.75 Å². The Hall–Kier alpha value is 0.963. The number of carboxylic acid groups (broad SMARTS) is 1. The largest absolute Gasteiger partial charge is 0.481 e. The van der Waals surface area contributed by atoms with E-state index in [1.54, 1.807) is 0 Å². The molecule has 0 atom stereocenters. The van der Waals surface area contributed by atoms with Gasteiger partial charge in [-0.25, -0.2) is 0 Å². The van der Waals surface area contributed by atoms with Crippen molar-refractivity contribution in [3.8, 4) is 0 Å². The summed E-state index contributed by atoms with van der Waals surface area (Å²) in [5, 5.41) is 7.86. The molecule has 0 aliphatic heterocycles. The van der Waals surface area contributed by atoms with Crippen molar-refractivity contribution in [2.24, 2.45) is 0 Å². The second-order valence-electron chi connectivity index (χ2n) is 0.867. The van der Waals surface area contributed by atoms with Crippen LogP contribution < -0.4 is 0 Å². The zero-order chi connectivity index (χ0) is 4.99. The molecule has 0 aromatic heterocycles. The summed E-state index contributed by atoms with van der Waals surface area (Å²) in [6.07, 6.45) is 0.156. The van der Waals surface area contributed by atoms with E-state index in [9.17, 15) is 4.79 Å². The van der Waals surface area contributed by atoms with Gasteiger partial charge in [-0.05, 0) is 0 Å². The smallest absolute Gasteiger partial charge is 0.304 e. The molecule has 0 amide bonds. The molecule has 0 fully saturated rings. The molecule has 0 heterocycles. The standard InChI is InChI=1S/C3H6O2S.Mn.Zn/c4-3(5)1-2-6;;/h6H,1-2H2,(H,4,5);;. The van der Waals surface area contributed by atoms with Crippen molar-refractivity contribution in [3.63, 3.8) is 0 Å². The monoisotopic (exact) mass is 225 g/mol. The Kier molecular flexibility index (Phi) is 21.7. The van der Waals surface area contributed by atoms with Crippen LogP contribution in [0.5, 0.6) is 0 Å². The Bertz CT molecular complexity index is 61.2. The fourth-order valence-electron chi connectivity index (χ4n) is 0.0956. The second-order valence-corrected chi connectivity index (χ2v) is 1.31. The molecule has 0 saturated heterocycles. The average molecular weight is 226 g/mol. The van der Waals surface area contributed by atoms with Gasteiger partial charge in [0, 0.05) is 42.3 Å². The molecule has 1 radical (unpaired) electrons. The predicted octanol–water partition coefficient (Wildman–Crippen LogP) is 0.386. The quantitative estimate of drug-likeness (QED) is 0.528. The van der Waals surface area contributed by atoms with Crippen LogP contribution in [-0.4, -0.2) is 16.8 Å². The number of carbonyl (C=O) groups is 1. The van der Waals surface area contributed by atoms with Crippen LogP contribution in [-0.2, 0) is 41.3 Å². The molecule has 5 heteroatoms. The van der Waals surface area contributed by atoms with Crippen molar-refractivity contribution < 1.29 is 46.4 Å². The van der Waals surface area contributed by atoms with Gasteiger partial charge < -0.3 is 5.11 Å².